The molecule has 3 rings (SSSR count). The standard InChI is InChI=1S/C15H16N4O3/c20-15(17-5-1-2-7-19-8-6-16-11-19)12-10-14(22-18-12)13-4-3-9-21-13/h3-4,6,8-11H,1-2,5,7H2,(H,17,20). The molecule has 3 aromatic heterocycles. The second-order valence-corrected chi connectivity index (χ2v) is 4.82. The minimum atomic E-state index is -0.246. The van der Waals surface area contributed by atoms with Gasteiger partial charge in [-0.05, 0) is 25.0 Å². The van der Waals surface area contributed by atoms with E-state index in [1.165, 1.54) is 6.26 Å². The van der Waals surface area contributed by atoms with E-state index in [9.17, 15) is 4.79 Å². The smallest absolute Gasteiger partial charge is 0.273 e. The van der Waals surface area contributed by atoms with E-state index in [1.54, 1.807) is 30.7 Å². The van der Waals surface area contributed by atoms with Gasteiger partial charge >= 0.3 is 0 Å². The second-order valence-electron chi connectivity index (χ2n) is 4.82. The first-order chi connectivity index (χ1) is 10.8. The summed E-state index contributed by atoms with van der Waals surface area (Å²) in [6, 6.07) is 5.07. The third-order valence-corrected chi connectivity index (χ3v) is 3.19. The highest BCUT2D eigenvalue weighted by molar-refractivity contribution is 5.92. The highest BCUT2D eigenvalue weighted by atomic mass is 16.5. The highest BCUT2D eigenvalue weighted by Gasteiger charge is 2.14. The molecule has 114 valence electrons. The molecule has 3 heterocycles. The minimum absolute atomic E-state index is 0.246. The number of aryl methyl sites for hydroxylation is 1. The predicted molar refractivity (Wildman–Crippen MR) is 78.0 cm³/mol. The van der Waals surface area contributed by atoms with Crippen molar-refractivity contribution >= 4 is 5.91 Å². The van der Waals surface area contributed by atoms with Crippen LogP contribution in [0.1, 0.15) is 23.3 Å². The summed E-state index contributed by atoms with van der Waals surface area (Å²) in [6.45, 7) is 1.49. The molecule has 0 atom stereocenters. The average molecular weight is 300 g/mol. The summed E-state index contributed by atoms with van der Waals surface area (Å²) in [6.07, 6.45) is 8.84. The normalized spacial score (nSPS) is 10.7. The molecular formula is C15H16N4O3. The number of furan rings is 1. The predicted octanol–water partition coefficient (Wildman–Crippen LogP) is 2.34. The second kappa shape index (κ2) is 6.75. The fraction of sp³-hybridized carbons (Fsp3) is 0.267. The van der Waals surface area contributed by atoms with E-state index in [2.05, 4.69) is 15.5 Å². The van der Waals surface area contributed by atoms with Crippen molar-refractivity contribution in [3.8, 4) is 11.5 Å². The first kappa shape index (κ1) is 14.1. The molecule has 0 aliphatic heterocycles. The summed E-state index contributed by atoms with van der Waals surface area (Å²) in [5, 5.41) is 6.57. The van der Waals surface area contributed by atoms with Gasteiger partial charge in [-0.25, -0.2) is 4.98 Å². The van der Waals surface area contributed by atoms with Gasteiger partial charge in [-0.3, -0.25) is 4.79 Å². The summed E-state index contributed by atoms with van der Waals surface area (Å²) in [5.74, 6) is 0.742. The Balaban J connectivity index is 1.42. The molecule has 0 aromatic carbocycles. The lowest BCUT2D eigenvalue weighted by Gasteiger charge is -2.03. The van der Waals surface area contributed by atoms with Crippen molar-refractivity contribution in [2.45, 2.75) is 19.4 Å². The molecule has 0 aliphatic carbocycles. The van der Waals surface area contributed by atoms with Gasteiger partial charge in [-0.2, -0.15) is 0 Å². The topological polar surface area (TPSA) is 86.1 Å². The fourth-order valence-corrected chi connectivity index (χ4v) is 2.05. The molecule has 7 nitrogen and oxygen atoms in total. The van der Waals surface area contributed by atoms with Crippen molar-refractivity contribution in [3.05, 3.63) is 48.9 Å². The fourth-order valence-electron chi connectivity index (χ4n) is 2.05. The van der Waals surface area contributed by atoms with E-state index in [0.717, 1.165) is 19.4 Å². The highest BCUT2D eigenvalue weighted by Crippen LogP contribution is 2.20. The summed E-state index contributed by atoms with van der Waals surface area (Å²) >= 11 is 0. The van der Waals surface area contributed by atoms with Gasteiger partial charge in [0.15, 0.2) is 11.5 Å². The zero-order chi connectivity index (χ0) is 15.2. The number of unbranched alkanes of at least 4 members (excludes halogenated alkanes) is 1. The molecule has 0 spiro atoms. The quantitative estimate of drug-likeness (QED) is 0.677. The van der Waals surface area contributed by atoms with Gasteiger partial charge in [0.25, 0.3) is 5.91 Å². The van der Waals surface area contributed by atoms with Crippen molar-refractivity contribution in [3.63, 3.8) is 0 Å². The first-order valence-corrected chi connectivity index (χ1v) is 7.07. The number of rotatable bonds is 7. The molecule has 1 amide bonds. The molecule has 22 heavy (non-hydrogen) atoms. The van der Waals surface area contributed by atoms with E-state index in [4.69, 9.17) is 8.94 Å². The van der Waals surface area contributed by atoms with Crippen molar-refractivity contribution in [2.24, 2.45) is 0 Å². The van der Waals surface area contributed by atoms with Crippen LogP contribution in [0.3, 0.4) is 0 Å². The Bertz CT molecular complexity index is 701. The summed E-state index contributed by atoms with van der Waals surface area (Å²) in [5.41, 5.74) is 0.251. The lowest BCUT2D eigenvalue weighted by Crippen LogP contribution is -2.24. The van der Waals surface area contributed by atoms with Crippen LogP contribution in [0.2, 0.25) is 0 Å². The molecule has 0 saturated carbocycles. The number of hydrogen-bond donors (Lipinski definition) is 1. The van der Waals surface area contributed by atoms with Crippen molar-refractivity contribution < 1.29 is 13.7 Å². The Morgan fingerprint density at radius 2 is 2.27 bits per heavy atom. The minimum Gasteiger partial charge on any atom is -0.461 e. The molecule has 0 bridgehead atoms. The Morgan fingerprint density at radius 3 is 3.05 bits per heavy atom. The number of carbonyl (C=O) groups excluding carboxylic acids is 1. The lowest BCUT2D eigenvalue weighted by atomic mass is 10.3. The van der Waals surface area contributed by atoms with Crippen molar-refractivity contribution in [1.29, 1.82) is 0 Å². The summed E-state index contributed by atoms with van der Waals surface area (Å²) < 4.78 is 12.3. The Hall–Kier alpha value is -2.83. The third-order valence-electron chi connectivity index (χ3n) is 3.19. The van der Waals surface area contributed by atoms with Gasteiger partial charge in [0.1, 0.15) is 0 Å². The van der Waals surface area contributed by atoms with Crippen molar-refractivity contribution in [2.75, 3.05) is 6.54 Å². The maximum absolute atomic E-state index is 11.9. The van der Waals surface area contributed by atoms with Gasteiger partial charge in [0.2, 0.25) is 5.76 Å². The number of amides is 1. The van der Waals surface area contributed by atoms with E-state index in [0.29, 0.717) is 18.1 Å². The Labute approximate surface area is 126 Å². The summed E-state index contributed by atoms with van der Waals surface area (Å²) in [4.78, 5) is 15.9. The van der Waals surface area contributed by atoms with E-state index in [1.807, 2.05) is 10.8 Å². The number of carbonyl (C=O) groups is 1. The number of nitrogens with one attached hydrogen (secondary N) is 1. The van der Waals surface area contributed by atoms with Crippen LogP contribution in [-0.2, 0) is 6.54 Å². The third kappa shape index (κ3) is 3.43. The van der Waals surface area contributed by atoms with Crippen LogP contribution in [0.15, 0.2) is 52.1 Å². The van der Waals surface area contributed by atoms with Crippen LogP contribution >= 0.6 is 0 Å². The zero-order valence-electron chi connectivity index (χ0n) is 11.9. The van der Waals surface area contributed by atoms with E-state index < -0.39 is 0 Å². The van der Waals surface area contributed by atoms with E-state index in [-0.39, 0.29) is 11.6 Å². The maximum atomic E-state index is 11.9. The Kier molecular flexibility index (Phi) is 4.33. The van der Waals surface area contributed by atoms with Crippen LogP contribution in [0.4, 0.5) is 0 Å². The van der Waals surface area contributed by atoms with Crippen molar-refractivity contribution in [1.82, 2.24) is 20.0 Å². The molecule has 3 aromatic rings. The molecule has 0 radical (unpaired) electrons. The monoisotopic (exact) mass is 300 g/mol. The molecule has 0 saturated heterocycles. The molecule has 7 heteroatoms. The number of imidazole rings is 1. The van der Waals surface area contributed by atoms with Gasteiger partial charge in [0, 0.05) is 31.5 Å². The van der Waals surface area contributed by atoms with Crippen LogP contribution in [0.25, 0.3) is 11.5 Å². The first-order valence-electron chi connectivity index (χ1n) is 7.07. The van der Waals surface area contributed by atoms with Gasteiger partial charge in [-0.15, -0.1) is 0 Å². The zero-order valence-corrected chi connectivity index (χ0v) is 11.9. The van der Waals surface area contributed by atoms with E-state index >= 15 is 0 Å². The van der Waals surface area contributed by atoms with Gasteiger partial charge < -0.3 is 18.8 Å². The number of nitrogens with zero attached hydrogens (tertiary/aromatic N) is 3. The summed E-state index contributed by atoms with van der Waals surface area (Å²) in [7, 11) is 0. The lowest BCUT2D eigenvalue weighted by molar-refractivity contribution is 0.0944. The SMILES string of the molecule is O=C(NCCCCn1ccnc1)c1cc(-c2ccco2)on1. The molecule has 0 aliphatic rings. The van der Waals surface area contributed by atoms with Crippen LogP contribution < -0.4 is 5.32 Å². The van der Waals surface area contributed by atoms with Gasteiger partial charge in [-0.1, -0.05) is 5.16 Å². The maximum Gasteiger partial charge on any atom is 0.273 e. The Morgan fingerprint density at radius 1 is 1.32 bits per heavy atom. The molecule has 1 N–H and O–H groups in total. The molecule has 0 fully saturated rings. The van der Waals surface area contributed by atoms with Crippen LogP contribution in [0.5, 0.6) is 0 Å². The average Bonchev–Trinajstić information content (AvgIpc) is 3.26. The van der Waals surface area contributed by atoms with Crippen LogP contribution in [0, 0.1) is 0 Å². The number of hydrogen-bond acceptors (Lipinski definition) is 5. The largest absolute Gasteiger partial charge is 0.461 e. The van der Waals surface area contributed by atoms with Gasteiger partial charge in [0.05, 0.1) is 12.6 Å². The van der Waals surface area contributed by atoms with Crippen LogP contribution in [-0.4, -0.2) is 27.2 Å². The number of aromatic nitrogens is 3. The molecular weight excluding hydrogens is 284 g/mol. The molecule has 0 unspecified atom stereocenters.